The van der Waals surface area contributed by atoms with Gasteiger partial charge in [0.1, 0.15) is 5.75 Å². The van der Waals surface area contributed by atoms with Crippen LogP contribution in [0.25, 0.3) is 0 Å². The lowest BCUT2D eigenvalue weighted by molar-refractivity contribution is -0.0493. The van der Waals surface area contributed by atoms with E-state index < -0.39 is 6.61 Å². The average Bonchev–Trinajstić information content (AvgIpc) is 2.73. The van der Waals surface area contributed by atoms with Crippen LogP contribution in [0.2, 0.25) is 0 Å². The van der Waals surface area contributed by atoms with E-state index in [9.17, 15) is 8.78 Å². The van der Waals surface area contributed by atoms with Crippen LogP contribution in [0.15, 0.2) is 36.7 Å². The van der Waals surface area contributed by atoms with Crippen molar-refractivity contribution in [3.63, 3.8) is 0 Å². The number of ether oxygens (including phenoxy) is 1. The first-order valence-electron chi connectivity index (χ1n) is 5.40. The first-order valence-corrected chi connectivity index (χ1v) is 5.40. The third kappa shape index (κ3) is 3.19. The molecule has 0 amide bonds. The van der Waals surface area contributed by atoms with Crippen molar-refractivity contribution >= 4 is 5.69 Å². The monoisotopic (exact) mass is 253 g/mol. The van der Waals surface area contributed by atoms with Crippen molar-refractivity contribution in [2.24, 2.45) is 7.05 Å². The second-order valence-corrected chi connectivity index (χ2v) is 3.75. The van der Waals surface area contributed by atoms with Gasteiger partial charge in [0.2, 0.25) is 0 Å². The van der Waals surface area contributed by atoms with Crippen LogP contribution in [-0.2, 0) is 13.6 Å². The number of para-hydroxylation sites is 2. The van der Waals surface area contributed by atoms with Gasteiger partial charge in [-0.1, -0.05) is 12.1 Å². The third-order valence-electron chi connectivity index (χ3n) is 2.34. The zero-order valence-corrected chi connectivity index (χ0v) is 9.81. The fourth-order valence-electron chi connectivity index (χ4n) is 1.57. The molecule has 4 nitrogen and oxygen atoms in total. The van der Waals surface area contributed by atoms with Crippen molar-refractivity contribution in [3.05, 3.63) is 42.2 Å². The van der Waals surface area contributed by atoms with E-state index in [1.54, 1.807) is 29.1 Å². The van der Waals surface area contributed by atoms with E-state index in [0.717, 1.165) is 5.56 Å². The molecule has 0 saturated carbocycles. The zero-order valence-electron chi connectivity index (χ0n) is 9.81. The summed E-state index contributed by atoms with van der Waals surface area (Å²) in [5, 5.41) is 7.06. The molecule has 2 aromatic rings. The van der Waals surface area contributed by atoms with Gasteiger partial charge in [0, 0.05) is 25.4 Å². The maximum Gasteiger partial charge on any atom is 0.387 e. The quantitative estimate of drug-likeness (QED) is 0.890. The van der Waals surface area contributed by atoms with Crippen molar-refractivity contribution in [1.29, 1.82) is 0 Å². The van der Waals surface area contributed by atoms with Crippen molar-refractivity contribution < 1.29 is 13.5 Å². The van der Waals surface area contributed by atoms with E-state index in [-0.39, 0.29) is 5.75 Å². The Balaban J connectivity index is 2.04. The molecule has 0 aliphatic rings. The number of hydrogen-bond donors (Lipinski definition) is 1. The summed E-state index contributed by atoms with van der Waals surface area (Å²) in [5.74, 6) is 0.136. The maximum absolute atomic E-state index is 12.2. The third-order valence-corrected chi connectivity index (χ3v) is 2.34. The SMILES string of the molecule is Cn1cc(CNc2ccccc2OC(F)F)cn1. The van der Waals surface area contributed by atoms with Crippen LogP contribution in [0, 0.1) is 0 Å². The van der Waals surface area contributed by atoms with Gasteiger partial charge in [0.25, 0.3) is 0 Å². The molecule has 0 aliphatic carbocycles. The van der Waals surface area contributed by atoms with Crippen molar-refractivity contribution in [1.82, 2.24) is 9.78 Å². The highest BCUT2D eigenvalue weighted by atomic mass is 19.3. The Morgan fingerprint density at radius 1 is 1.39 bits per heavy atom. The molecule has 1 heterocycles. The second-order valence-electron chi connectivity index (χ2n) is 3.75. The van der Waals surface area contributed by atoms with Crippen LogP contribution in [0.4, 0.5) is 14.5 Å². The lowest BCUT2D eigenvalue weighted by atomic mass is 10.2. The van der Waals surface area contributed by atoms with E-state index in [4.69, 9.17) is 0 Å². The first-order chi connectivity index (χ1) is 8.65. The van der Waals surface area contributed by atoms with Gasteiger partial charge in [-0.3, -0.25) is 4.68 Å². The van der Waals surface area contributed by atoms with Gasteiger partial charge in [0.15, 0.2) is 0 Å². The van der Waals surface area contributed by atoms with Crippen LogP contribution < -0.4 is 10.1 Å². The summed E-state index contributed by atoms with van der Waals surface area (Å²) < 4.78 is 30.5. The summed E-state index contributed by atoms with van der Waals surface area (Å²) in [6, 6.07) is 6.59. The zero-order chi connectivity index (χ0) is 13.0. The summed E-state index contributed by atoms with van der Waals surface area (Å²) in [4.78, 5) is 0. The number of rotatable bonds is 5. The Bertz CT molecular complexity index is 514. The lowest BCUT2D eigenvalue weighted by Gasteiger charge is -2.11. The van der Waals surface area contributed by atoms with E-state index in [0.29, 0.717) is 12.2 Å². The summed E-state index contributed by atoms with van der Waals surface area (Å²) in [6.45, 7) is -2.33. The van der Waals surface area contributed by atoms with Crippen LogP contribution >= 0.6 is 0 Å². The number of hydrogen-bond acceptors (Lipinski definition) is 3. The highest BCUT2D eigenvalue weighted by Gasteiger charge is 2.08. The molecule has 0 aliphatic heterocycles. The smallest absolute Gasteiger partial charge is 0.387 e. The Morgan fingerprint density at radius 2 is 2.17 bits per heavy atom. The molecule has 1 N–H and O–H groups in total. The number of benzene rings is 1. The predicted octanol–water partition coefficient (Wildman–Crippen LogP) is 2.63. The number of nitrogens with zero attached hydrogens (tertiary/aromatic N) is 2. The molecule has 1 aromatic heterocycles. The molecule has 0 fully saturated rings. The van der Waals surface area contributed by atoms with Gasteiger partial charge in [-0.05, 0) is 12.1 Å². The molecule has 96 valence electrons. The molecule has 0 atom stereocenters. The topological polar surface area (TPSA) is 39.1 Å². The fraction of sp³-hybridized carbons (Fsp3) is 0.250. The van der Waals surface area contributed by atoms with Crippen molar-refractivity contribution in [2.75, 3.05) is 5.32 Å². The molecule has 1 aromatic carbocycles. The predicted molar refractivity (Wildman–Crippen MR) is 63.6 cm³/mol. The standard InChI is InChI=1S/C12H13F2N3O/c1-17-8-9(7-16-17)6-15-10-4-2-3-5-11(10)18-12(13)14/h2-5,7-8,12,15H,6H2,1H3. The average molecular weight is 253 g/mol. The van der Waals surface area contributed by atoms with Gasteiger partial charge in [-0.15, -0.1) is 0 Å². The normalized spacial score (nSPS) is 10.7. The Morgan fingerprint density at radius 3 is 2.83 bits per heavy atom. The van der Waals surface area contributed by atoms with E-state index in [1.807, 2.05) is 13.2 Å². The Hall–Kier alpha value is -2.11. The number of halogens is 2. The van der Waals surface area contributed by atoms with Crippen molar-refractivity contribution in [3.8, 4) is 5.75 Å². The molecule has 18 heavy (non-hydrogen) atoms. The molecule has 0 radical (unpaired) electrons. The van der Waals surface area contributed by atoms with Gasteiger partial charge in [0.05, 0.1) is 11.9 Å². The summed E-state index contributed by atoms with van der Waals surface area (Å²) in [6.07, 6.45) is 3.56. The Labute approximate surface area is 103 Å². The van der Waals surface area contributed by atoms with E-state index >= 15 is 0 Å². The fourth-order valence-corrected chi connectivity index (χ4v) is 1.57. The lowest BCUT2D eigenvalue weighted by Crippen LogP contribution is -2.06. The van der Waals surface area contributed by atoms with Gasteiger partial charge in [-0.2, -0.15) is 13.9 Å². The number of alkyl halides is 2. The highest BCUT2D eigenvalue weighted by molar-refractivity contribution is 5.56. The highest BCUT2D eigenvalue weighted by Crippen LogP contribution is 2.25. The van der Waals surface area contributed by atoms with Gasteiger partial charge >= 0.3 is 6.61 Å². The van der Waals surface area contributed by atoms with E-state index in [2.05, 4.69) is 15.2 Å². The number of aryl methyl sites for hydroxylation is 1. The number of nitrogens with one attached hydrogen (secondary N) is 1. The van der Waals surface area contributed by atoms with Crippen molar-refractivity contribution in [2.45, 2.75) is 13.2 Å². The van der Waals surface area contributed by atoms with Crippen LogP contribution in [-0.4, -0.2) is 16.4 Å². The van der Waals surface area contributed by atoms with Crippen LogP contribution in [0.5, 0.6) is 5.75 Å². The number of anilines is 1. The van der Waals surface area contributed by atoms with Gasteiger partial charge < -0.3 is 10.1 Å². The summed E-state index contributed by atoms with van der Waals surface area (Å²) in [5.41, 5.74) is 1.49. The molecule has 6 heteroatoms. The molecular formula is C12H13F2N3O. The second kappa shape index (κ2) is 5.48. The van der Waals surface area contributed by atoms with Gasteiger partial charge in [-0.25, -0.2) is 0 Å². The molecule has 2 rings (SSSR count). The van der Waals surface area contributed by atoms with Crippen LogP contribution in [0.3, 0.4) is 0 Å². The summed E-state index contributed by atoms with van der Waals surface area (Å²) >= 11 is 0. The van der Waals surface area contributed by atoms with E-state index in [1.165, 1.54) is 6.07 Å². The minimum atomic E-state index is -2.83. The molecular weight excluding hydrogens is 240 g/mol. The molecule has 0 spiro atoms. The first kappa shape index (κ1) is 12.3. The minimum absolute atomic E-state index is 0.136. The molecule has 0 bridgehead atoms. The number of aromatic nitrogens is 2. The van der Waals surface area contributed by atoms with Crippen LogP contribution in [0.1, 0.15) is 5.56 Å². The maximum atomic E-state index is 12.2. The Kier molecular flexibility index (Phi) is 3.76. The molecule has 0 unspecified atom stereocenters. The largest absolute Gasteiger partial charge is 0.433 e. The minimum Gasteiger partial charge on any atom is -0.433 e. The molecule has 0 saturated heterocycles. The summed E-state index contributed by atoms with van der Waals surface area (Å²) in [7, 11) is 1.82.